The van der Waals surface area contributed by atoms with E-state index in [1.807, 2.05) is 0 Å². The topological polar surface area (TPSA) is 264 Å². The van der Waals surface area contributed by atoms with Crippen LogP contribution in [-0.4, -0.2) is 64.3 Å². The van der Waals surface area contributed by atoms with Crippen molar-refractivity contribution in [1.82, 2.24) is 9.55 Å². The number of halogens is 1. The molecule has 30 heavy (non-hydrogen) atoms. The van der Waals surface area contributed by atoms with Crippen molar-refractivity contribution in [2.24, 2.45) is 0 Å². The SMILES string of the molecule is O=c1[nH]c(=O)n([C@@H]2O[C@H](COP(=O)(O)OP(=O)(O)OP(=O)(O)O)C(O)[C@@H]2O)cc1[19F]. The summed E-state index contributed by atoms with van der Waals surface area (Å²) in [6, 6.07) is 0. The first kappa shape index (κ1) is 25.2. The molecule has 3 unspecified atom stereocenters. The zero-order valence-corrected chi connectivity index (χ0v) is 16.8. The highest BCUT2D eigenvalue weighted by Crippen LogP contribution is 2.66. The average molecular weight is 502 g/mol. The van der Waals surface area contributed by atoms with Crippen LogP contribution in [0.15, 0.2) is 15.8 Å². The Hall–Kier alpha value is -1.10. The van der Waals surface area contributed by atoms with Gasteiger partial charge in [-0.3, -0.25) is 18.9 Å². The van der Waals surface area contributed by atoms with Crippen molar-refractivity contribution in [2.45, 2.75) is 24.5 Å². The maximum atomic E-state index is 13.4. The molecule has 1 fully saturated rings. The monoisotopic (exact) mass is 502 g/mol. The summed E-state index contributed by atoms with van der Waals surface area (Å²) in [5.41, 5.74) is -2.60. The van der Waals surface area contributed by atoms with Crippen molar-refractivity contribution < 1.29 is 65.8 Å². The Labute approximate surface area is 163 Å². The number of phosphoric acid groups is 3. The molecule has 17 nitrogen and oxygen atoms in total. The number of nitrogens with one attached hydrogen (secondary N) is 1. The molecular weight excluding hydrogens is 488 g/mol. The Bertz CT molecular complexity index is 1050. The molecule has 6 atom stereocenters. The van der Waals surface area contributed by atoms with Crippen LogP contribution >= 0.6 is 23.5 Å². The van der Waals surface area contributed by atoms with Gasteiger partial charge < -0.3 is 34.5 Å². The molecule has 1 aliphatic heterocycles. The second-order valence-corrected chi connectivity index (χ2v) is 10.00. The fraction of sp³-hybridized carbons (Fsp3) is 0.556. The number of phosphoric ester groups is 1. The molecule has 0 amide bonds. The molecule has 0 aromatic carbocycles. The van der Waals surface area contributed by atoms with E-state index in [-0.39, 0.29) is 0 Å². The summed E-state index contributed by atoms with van der Waals surface area (Å²) in [6.07, 6.45) is -6.95. The first-order chi connectivity index (χ1) is 13.5. The van der Waals surface area contributed by atoms with Crippen molar-refractivity contribution >= 4 is 23.5 Å². The van der Waals surface area contributed by atoms with Crippen LogP contribution in [0.25, 0.3) is 0 Å². The second-order valence-electron chi connectivity index (χ2n) is 5.58. The predicted octanol–water partition coefficient (Wildman–Crippen LogP) is -2.36. The number of aromatic amines is 1. The van der Waals surface area contributed by atoms with Gasteiger partial charge in [-0.15, -0.1) is 0 Å². The van der Waals surface area contributed by atoms with E-state index in [1.54, 1.807) is 4.98 Å². The minimum absolute atomic E-state index is 0.368. The van der Waals surface area contributed by atoms with Crippen molar-refractivity contribution in [3.05, 3.63) is 32.9 Å². The van der Waals surface area contributed by atoms with Crippen LogP contribution in [0.3, 0.4) is 0 Å². The van der Waals surface area contributed by atoms with E-state index in [2.05, 4.69) is 13.1 Å². The average Bonchev–Trinajstić information content (AvgIpc) is 2.81. The molecule has 172 valence electrons. The summed E-state index contributed by atoms with van der Waals surface area (Å²) in [6.45, 7) is -1.14. The van der Waals surface area contributed by atoms with Crippen molar-refractivity contribution in [1.29, 1.82) is 0 Å². The van der Waals surface area contributed by atoms with Crippen LogP contribution in [0.1, 0.15) is 6.23 Å². The van der Waals surface area contributed by atoms with Gasteiger partial charge in [0.2, 0.25) is 5.82 Å². The molecule has 0 aliphatic carbocycles. The normalized spacial score (nSPS) is 28.8. The molecule has 2 rings (SSSR count). The standard InChI is InChI=1S/C9H14FN2O15P3/c10-3-1-12(9(16)11-7(3)15)8-6(14)5(13)4(25-8)2-24-29(20,21)27-30(22,23)26-28(17,18)19/h1,4-6,8,13-14H,2H2,(H,20,21)(H,22,23)(H,11,15,16)(H2,17,18,19)/t4-,5?,6+,8-/m1/s1/i10+0. The van der Waals surface area contributed by atoms with Gasteiger partial charge >= 0.3 is 29.2 Å². The lowest BCUT2D eigenvalue weighted by atomic mass is 10.1. The highest BCUT2D eigenvalue weighted by molar-refractivity contribution is 7.66. The van der Waals surface area contributed by atoms with Gasteiger partial charge in [-0.05, 0) is 0 Å². The predicted molar refractivity (Wildman–Crippen MR) is 87.0 cm³/mol. The molecule has 21 heteroatoms. The van der Waals surface area contributed by atoms with Crippen LogP contribution < -0.4 is 11.2 Å². The number of hydrogen-bond donors (Lipinski definition) is 7. The highest BCUT2D eigenvalue weighted by Gasteiger charge is 2.46. The number of hydrogen-bond acceptors (Lipinski definition) is 11. The molecule has 0 saturated carbocycles. The van der Waals surface area contributed by atoms with Crippen molar-refractivity contribution in [3.63, 3.8) is 0 Å². The molecule has 1 saturated heterocycles. The summed E-state index contributed by atoms with van der Waals surface area (Å²) in [7, 11) is -16.9. The highest BCUT2D eigenvalue weighted by atomic mass is 31.3. The Balaban J connectivity index is 2.09. The van der Waals surface area contributed by atoms with Gasteiger partial charge in [-0.25, -0.2) is 18.5 Å². The first-order valence-corrected chi connectivity index (χ1v) is 11.8. The number of ether oxygens (including phenoxy) is 1. The molecule has 7 N–H and O–H groups in total. The van der Waals surface area contributed by atoms with E-state index in [4.69, 9.17) is 19.4 Å². The van der Waals surface area contributed by atoms with Crippen LogP contribution in [0.5, 0.6) is 0 Å². The van der Waals surface area contributed by atoms with Gasteiger partial charge in [0.15, 0.2) is 6.23 Å². The van der Waals surface area contributed by atoms with Gasteiger partial charge in [0.25, 0.3) is 5.56 Å². The fourth-order valence-electron chi connectivity index (χ4n) is 2.22. The van der Waals surface area contributed by atoms with Crippen LogP contribution in [0.4, 0.5) is 4.39 Å². The maximum Gasteiger partial charge on any atom is 0.490 e. The number of aliphatic hydroxyl groups excluding tert-OH is 2. The van der Waals surface area contributed by atoms with Gasteiger partial charge in [0, 0.05) is 0 Å². The molecule has 1 aromatic rings. The molecule has 0 spiro atoms. The van der Waals surface area contributed by atoms with Crippen molar-refractivity contribution in [2.75, 3.05) is 6.61 Å². The third kappa shape index (κ3) is 6.45. The van der Waals surface area contributed by atoms with E-state index in [0.29, 0.717) is 10.8 Å². The van der Waals surface area contributed by atoms with E-state index >= 15 is 0 Å². The van der Waals surface area contributed by atoms with Crippen molar-refractivity contribution in [3.8, 4) is 0 Å². The molecule has 0 bridgehead atoms. The zero-order chi connectivity index (χ0) is 23.1. The lowest BCUT2D eigenvalue weighted by molar-refractivity contribution is -0.0546. The number of rotatable bonds is 8. The van der Waals surface area contributed by atoms with Gasteiger partial charge in [0.1, 0.15) is 18.3 Å². The Morgan fingerprint density at radius 1 is 1.07 bits per heavy atom. The third-order valence-corrected chi connectivity index (χ3v) is 7.16. The zero-order valence-electron chi connectivity index (χ0n) is 14.1. The Morgan fingerprint density at radius 3 is 2.23 bits per heavy atom. The Morgan fingerprint density at radius 2 is 1.67 bits per heavy atom. The summed E-state index contributed by atoms with van der Waals surface area (Å²) in [5.74, 6) is -1.43. The molecule has 0 radical (unpaired) electrons. The summed E-state index contributed by atoms with van der Waals surface area (Å²) in [4.78, 5) is 59.5. The van der Waals surface area contributed by atoms with Crippen LogP contribution in [0.2, 0.25) is 0 Å². The largest absolute Gasteiger partial charge is 0.490 e. The number of H-pyrrole nitrogens is 1. The van der Waals surface area contributed by atoms with E-state index < -0.39 is 71.7 Å². The molecule has 1 aromatic heterocycles. The minimum atomic E-state index is -5.78. The lowest BCUT2D eigenvalue weighted by Crippen LogP contribution is -2.38. The quantitative estimate of drug-likeness (QED) is 0.183. The minimum Gasteiger partial charge on any atom is -0.387 e. The summed E-state index contributed by atoms with van der Waals surface area (Å²) in [5, 5.41) is 19.9. The lowest BCUT2D eigenvalue weighted by Gasteiger charge is -2.19. The summed E-state index contributed by atoms with van der Waals surface area (Å²) < 4.78 is 63.4. The fourth-order valence-corrected chi connectivity index (χ4v) is 5.25. The van der Waals surface area contributed by atoms with Crippen LogP contribution in [-0.2, 0) is 31.6 Å². The third-order valence-electron chi connectivity index (χ3n) is 3.35. The van der Waals surface area contributed by atoms with Gasteiger partial charge in [-0.2, -0.15) is 13.0 Å². The Kier molecular flexibility index (Phi) is 7.38. The maximum absolute atomic E-state index is 13.4. The van der Waals surface area contributed by atoms with Gasteiger partial charge in [-0.1, -0.05) is 0 Å². The first-order valence-electron chi connectivity index (χ1n) is 7.32. The van der Waals surface area contributed by atoms with E-state index in [0.717, 1.165) is 0 Å². The van der Waals surface area contributed by atoms with E-state index in [1.165, 1.54) is 0 Å². The van der Waals surface area contributed by atoms with Crippen LogP contribution in [0, 0.1) is 5.82 Å². The number of nitrogens with zero attached hydrogens (tertiary/aromatic N) is 1. The number of aliphatic hydroxyl groups is 2. The molecule has 1 aliphatic rings. The van der Waals surface area contributed by atoms with Gasteiger partial charge in [0.05, 0.1) is 12.8 Å². The second kappa shape index (κ2) is 8.80. The smallest absolute Gasteiger partial charge is 0.387 e. The number of aromatic nitrogens is 2. The van der Waals surface area contributed by atoms with E-state index in [9.17, 15) is 42.8 Å². The molecular formula is C9H14FN2O15P3. The molecule has 2 heterocycles. The summed E-state index contributed by atoms with van der Waals surface area (Å²) >= 11 is 0.